The maximum absolute atomic E-state index is 13.0. The van der Waals surface area contributed by atoms with Gasteiger partial charge in [0, 0.05) is 0 Å². The van der Waals surface area contributed by atoms with E-state index in [4.69, 9.17) is 15.2 Å². The van der Waals surface area contributed by atoms with Gasteiger partial charge in [-0.3, -0.25) is 4.79 Å². The van der Waals surface area contributed by atoms with Crippen molar-refractivity contribution in [1.29, 1.82) is 0 Å². The van der Waals surface area contributed by atoms with Crippen LogP contribution in [-0.4, -0.2) is 25.1 Å². The minimum absolute atomic E-state index is 0.0465. The van der Waals surface area contributed by atoms with Gasteiger partial charge in [0.25, 0.3) is 5.91 Å². The molecule has 0 saturated carbocycles. The average molecular weight is 396 g/mol. The van der Waals surface area contributed by atoms with Gasteiger partial charge in [0.15, 0.2) is 6.61 Å². The van der Waals surface area contributed by atoms with Crippen LogP contribution in [0, 0.1) is 0 Å². The van der Waals surface area contributed by atoms with E-state index in [1.165, 1.54) is 30.3 Å². The quantitative estimate of drug-likeness (QED) is 0.548. The smallest absolute Gasteiger partial charge is 0.418 e. The number of nitrogen functional groups attached to an aromatic ring is 1. The van der Waals surface area contributed by atoms with E-state index in [0.717, 1.165) is 12.1 Å². The van der Waals surface area contributed by atoms with Gasteiger partial charge >= 0.3 is 12.1 Å². The van der Waals surface area contributed by atoms with Gasteiger partial charge in [0.05, 0.1) is 29.1 Å². The van der Waals surface area contributed by atoms with Crippen molar-refractivity contribution in [1.82, 2.24) is 0 Å². The Morgan fingerprint density at radius 1 is 1.14 bits per heavy atom. The monoisotopic (exact) mass is 396 g/mol. The molecular weight excluding hydrogens is 377 g/mol. The Morgan fingerprint density at radius 2 is 1.86 bits per heavy atom. The topological polar surface area (TPSA) is 90.7 Å². The van der Waals surface area contributed by atoms with E-state index >= 15 is 0 Å². The molecule has 0 fully saturated rings. The molecule has 28 heavy (non-hydrogen) atoms. The largest absolute Gasteiger partial charge is 0.482 e. The summed E-state index contributed by atoms with van der Waals surface area (Å²) >= 11 is 0. The van der Waals surface area contributed by atoms with Gasteiger partial charge in [-0.1, -0.05) is 19.1 Å². The molecule has 0 unspecified atom stereocenters. The van der Waals surface area contributed by atoms with Crippen LogP contribution in [0.25, 0.3) is 0 Å². The molecule has 1 amide bonds. The Morgan fingerprint density at radius 3 is 2.54 bits per heavy atom. The van der Waals surface area contributed by atoms with Crippen LogP contribution in [0.15, 0.2) is 42.5 Å². The first-order valence-corrected chi connectivity index (χ1v) is 8.38. The van der Waals surface area contributed by atoms with Crippen LogP contribution >= 0.6 is 0 Å². The van der Waals surface area contributed by atoms with Crippen LogP contribution in [0.5, 0.6) is 5.75 Å². The fraction of sp³-hybridized carbons (Fsp3) is 0.263. The Labute approximate surface area is 159 Å². The molecule has 0 aliphatic heterocycles. The molecule has 0 atom stereocenters. The standard InChI is InChI=1S/C19H19F3N2O4/c1-2-9-27-18(26)12-7-8-14(23)16(10-12)28-11-17(25)24-15-6-4-3-5-13(15)19(20,21)22/h3-8,10H,2,9,11,23H2,1H3,(H,24,25). The molecule has 2 aromatic carbocycles. The third-order valence-electron chi connectivity index (χ3n) is 3.55. The second-order valence-electron chi connectivity index (χ2n) is 5.77. The predicted octanol–water partition coefficient (Wildman–Crippen LogP) is 3.87. The van der Waals surface area contributed by atoms with E-state index < -0.39 is 30.2 Å². The zero-order valence-corrected chi connectivity index (χ0v) is 15.0. The van der Waals surface area contributed by atoms with Crippen molar-refractivity contribution >= 4 is 23.3 Å². The molecule has 9 heteroatoms. The van der Waals surface area contributed by atoms with Crippen LogP contribution in [-0.2, 0) is 15.7 Å². The van der Waals surface area contributed by atoms with E-state index in [0.29, 0.717) is 6.42 Å². The van der Waals surface area contributed by atoms with Gasteiger partial charge in [-0.25, -0.2) is 4.79 Å². The fourth-order valence-electron chi connectivity index (χ4n) is 2.23. The fourth-order valence-corrected chi connectivity index (χ4v) is 2.23. The first-order valence-electron chi connectivity index (χ1n) is 8.38. The number of nitrogens with two attached hydrogens (primary N) is 1. The Hall–Kier alpha value is -3.23. The zero-order chi connectivity index (χ0) is 20.7. The molecule has 2 rings (SSSR count). The van der Waals surface area contributed by atoms with Gasteiger partial charge in [0.2, 0.25) is 0 Å². The molecule has 0 bridgehead atoms. The average Bonchev–Trinajstić information content (AvgIpc) is 2.65. The van der Waals surface area contributed by atoms with Crippen molar-refractivity contribution < 1.29 is 32.2 Å². The lowest BCUT2D eigenvalue weighted by atomic mass is 10.1. The molecule has 0 radical (unpaired) electrons. The second-order valence-corrected chi connectivity index (χ2v) is 5.77. The third-order valence-corrected chi connectivity index (χ3v) is 3.55. The number of nitrogens with one attached hydrogen (secondary N) is 1. The number of carbonyl (C=O) groups is 2. The number of hydrogen-bond acceptors (Lipinski definition) is 5. The van der Waals surface area contributed by atoms with Gasteiger partial charge in [-0.15, -0.1) is 0 Å². The van der Waals surface area contributed by atoms with Crippen molar-refractivity contribution in [2.75, 3.05) is 24.3 Å². The van der Waals surface area contributed by atoms with E-state index in [1.54, 1.807) is 0 Å². The first-order chi connectivity index (χ1) is 13.2. The lowest BCUT2D eigenvalue weighted by molar-refractivity contribution is -0.137. The molecule has 3 N–H and O–H groups in total. The van der Waals surface area contributed by atoms with Gasteiger partial charge in [-0.05, 0) is 36.8 Å². The summed E-state index contributed by atoms with van der Waals surface area (Å²) in [6, 6.07) is 8.76. The van der Waals surface area contributed by atoms with Gasteiger partial charge in [-0.2, -0.15) is 13.2 Å². The third kappa shape index (κ3) is 5.63. The maximum atomic E-state index is 13.0. The van der Waals surface area contributed by atoms with E-state index in [2.05, 4.69) is 5.32 Å². The SMILES string of the molecule is CCCOC(=O)c1ccc(N)c(OCC(=O)Nc2ccccc2C(F)(F)F)c1. The van der Waals surface area contributed by atoms with Crippen molar-refractivity contribution in [3.63, 3.8) is 0 Å². The summed E-state index contributed by atoms with van der Waals surface area (Å²) in [6.45, 7) is 1.50. The van der Waals surface area contributed by atoms with Crippen molar-refractivity contribution in [3.05, 3.63) is 53.6 Å². The summed E-state index contributed by atoms with van der Waals surface area (Å²) in [5.74, 6) is -1.34. The summed E-state index contributed by atoms with van der Waals surface area (Å²) in [4.78, 5) is 23.9. The highest BCUT2D eigenvalue weighted by Crippen LogP contribution is 2.34. The van der Waals surface area contributed by atoms with Crippen molar-refractivity contribution in [2.45, 2.75) is 19.5 Å². The number of carbonyl (C=O) groups excluding carboxylic acids is 2. The van der Waals surface area contributed by atoms with Crippen LogP contribution < -0.4 is 15.8 Å². The van der Waals surface area contributed by atoms with Crippen LogP contribution in [0.4, 0.5) is 24.5 Å². The summed E-state index contributed by atoms with van der Waals surface area (Å²) in [6.07, 6.45) is -3.95. The van der Waals surface area contributed by atoms with Gasteiger partial charge in [0.1, 0.15) is 5.75 Å². The number of rotatable bonds is 7. The number of halogens is 3. The number of benzene rings is 2. The Kier molecular flexibility index (Phi) is 6.86. The number of esters is 1. The lowest BCUT2D eigenvalue weighted by Gasteiger charge is -2.14. The van der Waals surface area contributed by atoms with E-state index in [9.17, 15) is 22.8 Å². The van der Waals surface area contributed by atoms with Gasteiger partial charge < -0.3 is 20.5 Å². The molecular formula is C19H19F3N2O4. The normalized spacial score (nSPS) is 11.0. The van der Waals surface area contributed by atoms with Crippen LogP contribution in [0.2, 0.25) is 0 Å². The molecule has 0 saturated heterocycles. The minimum atomic E-state index is -4.61. The molecule has 0 aliphatic carbocycles. The minimum Gasteiger partial charge on any atom is -0.482 e. The number of para-hydroxylation sites is 1. The number of ether oxygens (including phenoxy) is 2. The molecule has 0 aromatic heterocycles. The summed E-state index contributed by atoms with van der Waals surface area (Å²) in [5, 5.41) is 2.16. The molecule has 6 nitrogen and oxygen atoms in total. The van der Waals surface area contributed by atoms with E-state index in [1.807, 2.05) is 6.92 Å². The molecule has 0 aliphatic rings. The van der Waals surface area contributed by atoms with Crippen molar-refractivity contribution in [3.8, 4) is 5.75 Å². The van der Waals surface area contributed by atoms with Crippen LogP contribution in [0.3, 0.4) is 0 Å². The van der Waals surface area contributed by atoms with E-state index in [-0.39, 0.29) is 29.3 Å². The Balaban J connectivity index is 2.05. The molecule has 2 aromatic rings. The van der Waals surface area contributed by atoms with Crippen molar-refractivity contribution in [2.24, 2.45) is 0 Å². The molecule has 0 spiro atoms. The zero-order valence-electron chi connectivity index (χ0n) is 15.0. The predicted molar refractivity (Wildman–Crippen MR) is 97.0 cm³/mol. The maximum Gasteiger partial charge on any atom is 0.418 e. The second kappa shape index (κ2) is 9.12. The number of anilines is 2. The lowest BCUT2D eigenvalue weighted by Crippen LogP contribution is -2.22. The summed E-state index contributed by atoms with van der Waals surface area (Å²) < 4.78 is 49.2. The summed E-state index contributed by atoms with van der Waals surface area (Å²) in [7, 11) is 0. The highest BCUT2D eigenvalue weighted by atomic mass is 19.4. The highest BCUT2D eigenvalue weighted by Gasteiger charge is 2.33. The number of hydrogen-bond donors (Lipinski definition) is 2. The number of amides is 1. The first kappa shape index (κ1) is 21.1. The Bertz CT molecular complexity index is 853. The molecule has 0 heterocycles. The molecule has 150 valence electrons. The van der Waals surface area contributed by atoms with Crippen LogP contribution in [0.1, 0.15) is 29.3 Å². The summed E-state index contributed by atoms with van der Waals surface area (Å²) in [5.41, 5.74) is 4.75. The number of alkyl halides is 3. The highest BCUT2D eigenvalue weighted by molar-refractivity contribution is 5.93.